The molecule has 24 heavy (non-hydrogen) atoms. The zero-order chi connectivity index (χ0) is 16.8. The molecule has 0 aliphatic carbocycles. The van der Waals surface area contributed by atoms with Crippen LogP contribution in [0.5, 0.6) is 0 Å². The van der Waals surface area contributed by atoms with Crippen molar-refractivity contribution < 1.29 is 9.53 Å². The molecule has 0 unspecified atom stereocenters. The standard InChI is InChI=1S/C16H19N5O2S/c17-10-13-3-9-24-16(13)19-15(22)2-6-20-7-8-23-14(11-20)12-21-5-1-4-18-21/h1,3-5,9,14H,2,6-8,11-12H2,(H,19,22)/t14-/m0/s1. The fraction of sp³-hybridized carbons (Fsp3) is 0.438. The second kappa shape index (κ2) is 8.06. The predicted molar refractivity (Wildman–Crippen MR) is 90.7 cm³/mol. The first kappa shape index (κ1) is 16.6. The summed E-state index contributed by atoms with van der Waals surface area (Å²) < 4.78 is 7.63. The first-order valence-corrected chi connectivity index (χ1v) is 8.71. The molecule has 0 bridgehead atoms. The fourth-order valence-electron chi connectivity index (χ4n) is 2.65. The predicted octanol–water partition coefficient (Wildman–Crippen LogP) is 1.55. The summed E-state index contributed by atoms with van der Waals surface area (Å²) in [5, 5.41) is 18.4. The summed E-state index contributed by atoms with van der Waals surface area (Å²) in [6.07, 6.45) is 4.16. The Morgan fingerprint density at radius 2 is 2.50 bits per heavy atom. The third-order valence-corrected chi connectivity index (χ3v) is 4.70. The molecule has 3 rings (SSSR count). The molecule has 0 spiro atoms. The summed E-state index contributed by atoms with van der Waals surface area (Å²) in [7, 11) is 0. The lowest BCUT2D eigenvalue weighted by molar-refractivity contribution is -0.117. The van der Waals surface area contributed by atoms with Gasteiger partial charge in [-0.2, -0.15) is 10.4 Å². The van der Waals surface area contributed by atoms with Crippen LogP contribution in [0.3, 0.4) is 0 Å². The maximum atomic E-state index is 12.1. The zero-order valence-electron chi connectivity index (χ0n) is 13.2. The number of carbonyl (C=O) groups is 1. The van der Waals surface area contributed by atoms with Crippen molar-refractivity contribution in [1.29, 1.82) is 5.26 Å². The minimum absolute atomic E-state index is 0.0657. The number of hydrogen-bond acceptors (Lipinski definition) is 6. The van der Waals surface area contributed by atoms with E-state index in [1.165, 1.54) is 11.3 Å². The van der Waals surface area contributed by atoms with Gasteiger partial charge >= 0.3 is 0 Å². The summed E-state index contributed by atoms with van der Waals surface area (Å²) in [6, 6.07) is 5.68. The molecule has 8 heteroatoms. The molecular weight excluding hydrogens is 326 g/mol. The Hall–Kier alpha value is -2.21. The Bertz CT molecular complexity index is 706. The molecule has 0 saturated carbocycles. The first-order valence-electron chi connectivity index (χ1n) is 7.83. The van der Waals surface area contributed by atoms with Crippen LogP contribution in [0.25, 0.3) is 0 Å². The number of nitrogens with zero attached hydrogens (tertiary/aromatic N) is 4. The number of rotatable bonds is 6. The Balaban J connectivity index is 1.44. The van der Waals surface area contributed by atoms with Gasteiger partial charge in [-0.3, -0.25) is 14.4 Å². The van der Waals surface area contributed by atoms with Crippen LogP contribution in [0.4, 0.5) is 5.00 Å². The summed E-state index contributed by atoms with van der Waals surface area (Å²) in [4.78, 5) is 14.3. The molecule has 1 fully saturated rings. The highest BCUT2D eigenvalue weighted by Gasteiger charge is 2.21. The van der Waals surface area contributed by atoms with Gasteiger partial charge in [-0.15, -0.1) is 11.3 Å². The number of amides is 1. The molecule has 1 saturated heterocycles. The van der Waals surface area contributed by atoms with Crippen LogP contribution in [0.2, 0.25) is 0 Å². The lowest BCUT2D eigenvalue weighted by atomic mass is 10.2. The van der Waals surface area contributed by atoms with E-state index >= 15 is 0 Å². The number of nitrogens with one attached hydrogen (secondary N) is 1. The van der Waals surface area contributed by atoms with Crippen LogP contribution in [-0.4, -0.2) is 52.9 Å². The quantitative estimate of drug-likeness (QED) is 0.859. The van der Waals surface area contributed by atoms with Gasteiger partial charge in [0.05, 0.1) is 24.8 Å². The van der Waals surface area contributed by atoms with Gasteiger partial charge in [0.1, 0.15) is 11.1 Å². The van der Waals surface area contributed by atoms with Crippen molar-refractivity contribution in [3.05, 3.63) is 35.5 Å². The van der Waals surface area contributed by atoms with Gasteiger partial charge in [-0.25, -0.2) is 0 Å². The number of thiophene rings is 1. The average Bonchev–Trinajstić information content (AvgIpc) is 3.25. The molecule has 2 aromatic rings. The van der Waals surface area contributed by atoms with E-state index in [1.54, 1.807) is 17.6 Å². The number of ether oxygens (including phenoxy) is 1. The fourth-order valence-corrected chi connectivity index (χ4v) is 3.41. The molecule has 7 nitrogen and oxygen atoms in total. The number of hydrogen-bond donors (Lipinski definition) is 1. The molecule has 1 N–H and O–H groups in total. The molecule has 0 aromatic carbocycles. The Kier molecular flexibility index (Phi) is 5.59. The van der Waals surface area contributed by atoms with Crippen LogP contribution in [0.1, 0.15) is 12.0 Å². The molecule has 1 atom stereocenters. The van der Waals surface area contributed by atoms with Gasteiger partial charge in [0.25, 0.3) is 0 Å². The molecule has 2 aromatic heterocycles. The van der Waals surface area contributed by atoms with E-state index in [4.69, 9.17) is 10.00 Å². The molecule has 3 heterocycles. The third kappa shape index (κ3) is 4.41. The van der Waals surface area contributed by atoms with Crippen molar-refractivity contribution in [2.45, 2.75) is 19.1 Å². The van der Waals surface area contributed by atoms with Crippen LogP contribution in [0.15, 0.2) is 29.9 Å². The van der Waals surface area contributed by atoms with Gasteiger partial charge in [-0.05, 0) is 17.5 Å². The van der Waals surface area contributed by atoms with Crippen molar-refractivity contribution in [1.82, 2.24) is 14.7 Å². The molecule has 0 radical (unpaired) electrons. The maximum absolute atomic E-state index is 12.1. The van der Waals surface area contributed by atoms with Gasteiger partial charge in [-0.1, -0.05) is 0 Å². The highest BCUT2D eigenvalue weighted by Crippen LogP contribution is 2.22. The lowest BCUT2D eigenvalue weighted by Gasteiger charge is -2.32. The minimum atomic E-state index is -0.0657. The lowest BCUT2D eigenvalue weighted by Crippen LogP contribution is -2.45. The number of aromatic nitrogens is 2. The van der Waals surface area contributed by atoms with E-state index in [9.17, 15) is 4.79 Å². The number of carbonyl (C=O) groups excluding carboxylic acids is 1. The normalized spacial score (nSPS) is 18.2. The molecule has 1 aliphatic heterocycles. The average molecular weight is 345 g/mol. The van der Waals surface area contributed by atoms with Crippen LogP contribution >= 0.6 is 11.3 Å². The van der Waals surface area contributed by atoms with E-state index in [-0.39, 0.29) is 12.0 Å². The second-order valence-corrected chi connectivity index (χ2v) is 6.51. The Morgan fingerprint density at radius 3 is 3.29 bits per heavy atom. The molecule has 1 amide bonds. The van der Waals surface area contributed by atoms with Crippen molar-refractivity contribution in [3.63, 3.8) is 0 Å². The number of anilines is 1. The van der Waals surface area contributed by atoms with Crippen molar-refractivity contribution in [3.8, 4) is 6.07 Å². The van der Waals surface area contributed by atoms with Gasteiger partial charge in [0.2, 0.25) is 5.91 Å². The Labute approximate surface area is 144 Å². The highest BCUT2D eigenvalue weighted by atomic mass is 32.1. The van der Waals surface area contributed by atoms with E-state index in [1.807, 2.05) is 16.9 Å². The first-order chi connectivity index (χ1) is 11.7. The largest absolute Gasteiger partial charge is 0.374 e. The van der Waals surface area contributed by atoms with Crippen molar-refractivity contribution in [2.24, 2.45) is 0 Å². The molecule has 126 valence electrons. The van der Waals surface area contributed by atoms with Crippen LogP contribution < -0.4 is 5.32 Å². The molecule has 1 aliphatic rings. The summed E-state index contributed by atoms with van der Waals surface area (Å²) in [6.45, 7) is 3.67. The van der Waals surface area contributed by atoms with Crippen molar-refractivity contribution >= 4 is 22.2 Å². The van der Waals surface area contributed by atoms with Gasteiger partial charge in [0.15, 0.2) is 0 Å². The van der Waals surface area contributed by atoms with Crippen LogP contribution in [0, 0.1) is 11.3 Å². The van der Waals surface area contributed by atoms with Crippen LogP contribution in [-0.2, 0) is 16.1 Å². The van der Waals surface area contributed by atoms with Crippen molar-refractivity contribution in [2.75, 3.05) is 31.6 Å². The smallest absolute Gasteiger partial charge is 0.226 e. The summed E-state index contributed by atoms with van der Waals surface area (Å²) >= 11 is 1.37. The summed E-state index contributed by atoms with van der Waals surface area (Å²) in [5.41, 5.74) is 0.513. The maximum Gasteiger partial charge on any atom is 0.226 e. The van der Waals surface area contributed by atoms with E-state index < -0.39 is 0 Å². The zero-order valence-corrected chi connectivity index (χ0v) is 14.0. The SMILES string of the molecule is N#Cc1ccsc1NC(=O)CCN1CCO[C@H](Cn2cccn2)C1. The number of morpholine rings is 1. The Morgan fingerprint density at radius 1 is 1.58 bits per heavy atom. The highest BCUT2D eigenvalue weighted by molar-refractivity contribution is 7.14. The van der Waals surface area contributed by atoms with E-state index in [0.29, 0.717) is 30.1 Å². The van der Waals surface area contributed by atoms with Gasteiger partial charge < -0.3 is 10.1 Å². The van der Waals surface area contributed by atoms with Gasteiger partial charge in [0, 0.05) is 38.4 Å². The summed E-state index contributed by atoms with van der Waals surface area (Å²) in [5.74, 6) is -0.0657. The van der Waals surface area contributed by atoms with E-state index in [0.717, 1.165) is 19.6 Å². The minimum Gasteiger partial charge on any atom is -0.374 e. The topological polar surface area (TPSA) is 83.2 Å². The molecular formula is C16H19N5O2S. The monoisotopic (exact) mass is 345 g/mol. The third-order valence-electron chi connectivity index (χ3n) is 3.87. The second-order valence-electron chi connectivity index (χ2n) is 5.59. The van der Waals surface area contributed by atoms with E-state index in [2.05, 4.69) is 21.4 Å². The number of nitriles is 1.